The van der Waals surface area contributed by atoms with Gasteiger partial charge >= 0.3 is 5.97 Å². The maximum absolute atomic E-state index is 13.3. The standard InChI is InChI=1S/C26H24N4O5/c27-24(28)20-7-4-8-21(13-20)29-25(33)26(16-34-15-23(31)32)14-22(30-35-26)19-11-9-18(10-12-19)17-5-2-1-3-6-17/h1-13H,14-16H2,(H3,27,28)(H,29,33)(H,31,32). The fourth-order valence-corrected chi connectivity index (χ4v) is 3.70. The molecule has 0 saturated heterocycles. The largest absolute Gasteiger partial charge is 0.480 e. The van der Waals surface area contributed by atoms with Gasteiger partial charge in [-0.05, 0) is 28.8 Å². The van der Waals surface area contributed by atoms with Crippen molar-refractivity contribution >= 4 is 29.1 Å². The number of nitrogens with zero attached hydrogens (tertiary/aromatic N) is 1. The molecule has 1 aliphatic rings. The van der Waals surface area contributed by atoms with Crippen molar-refractivity contribution in [3.8, 4) is 11.1 Å². The van der Waals surface area contributed by atoms with Crippen LogP contribution in [-0.2, 0) is 19.2 Å². The fraction of sp³-hybridized carbons (Fsp3) is 0.154. The van der Waals surface area contributed by atoms with Gasteiger partial charge in [-0.25, -0.2) is 4.79 Å². The van der Waals surface area contributed by atoms with Crippen molar-refractivity contribution in [3.05, 3.63) is 90.0 Å². The zero-order valence-corrected chi connectivity index (χ0v) is 18.7. The zero-order chi connectivity index (χ0) is 24.8. The molecule has 1 unspecified atom stereocenters. The lowest BCUT2D eigenvalue weighted by molar-refractivity contribution is -0.154. The second-order valence-electron chi connectivity index (χ2n) is 8.08. The Labute approximate surface area is 201 Å². The third-order valence-corrected chi connectivity index (χ3v) is 5.51. The van der Waals surface area contributed by atoms with E-state index in [4.69, 9.17) is 25.8 Å². The summed E-state index contributed by atoms with van der Waals surface area (Å²) in [5.74, 6) is -1.85. The van der Waals surface area contributed by atoms with Gasteiger partial charge in [0.15, 0.2) is 0 Å². The van der Waals surface area contributed by atoms with Crippen LogP contribution in [0.1, 0.15) is 17.5 Å². The Balaban J connectivity index is 1.53. The van der Waals surface area contributed by atoms with Crippen LogP contribution in [-0.4, -0.2) is 47.3 Å². The molecule has 4 rings (SSSR count). The number of carboxylic acid groups (broad SMARTS) is 1. The van der Waals surface area contributed by atoms with E-state index in [0.717, 1.165) is 16.7 Å². The molecule has 0 fully saturated rings. The summed E-state index contributed by atoms with van der Waals surface area (Å²) in [6.07, 6.45) is 0.0789. The summed E-state index contributed by atoms with van der Waals surface area (Å²) in [6, 6.07) is 24.1. The molecule has 5 N–H and O–H groups in total. The summed E-state index contributed by atoms with van der Waals surface area (Å²) in [5, 5.41) is 23.4. The average molecular weight is 473 g/mol. The van der Waals surface area contributed by atoms with Crippen LogP contribution in [0.2, 0.25) is 0 Å². The highest BCUT2D eigenvalue weighted by Gasteiger charge is 2.47. The number of aliphatic carboxylic acids is 1. The van der Waals surface area contributed by atoms with Gasteiger partial charge in [-0.3, -0.25) is 10.2 Å². The predicted molar refractivity (Wildman–Crippen MR) is 131 cm³/mol. The number of amides is 1. The van der Waals surface area contributed by atoms with Gasteiger partial charge in [-0.15, -0.1) is 0 Å². The van der Waals surface area contributed by atoms with Gasteiger partial charge in [-0.1, -0.05) is 71.9 Å². The quantitative estimate of drug-likeness (QED) is 0.278. The molecule has 0 bridgehead atoms. The first-order chi connectivity index (χ1) is 16.9. The van der Waals surface area contributed by atoms with Gasteiger partial charge in [0, 0.05) is 17.7 Å². The highest BCUT2D eigenvalue weighted by molar-refractivity contribution is 6.08. The van der Waals surface area contributed by atoms with Gasteiger partial charge < -0.3 is 25.7 Å². The lowest BCUT2D eigenvalue weighted by atomic mass is 9.93. The molecule has 1 heterocycles. The number of oxime groups is 1. The monoisotopic (exact) mass is 472 g/mol. The van der Waals surface area contributed by atoms with Crippen LogP contribution in [0.5, 0.6) is 0 Å². The minimum atomic E-state index is -1.56. The third kappa shape index (κ3) is 5.53. The van der Waals surface area contributed by atoms with Crippen LogP contribution >= 0.6 is 0 Å². The van der Waals surface area contributed by atoms with E-state index in [9.17, 15) is 9.59 Å². The number of nitrogens with two attached hydrogens (primary N) is 1. The van der Waals surface area contributed by atoms with Crippen molar-refractivity contribution < 1.29 is 24.3 Å². The molecule has 178 valence electrons. The van der Waals surface area contributed by atoms with Crippen LogP contribution in [0.4, 0.5) is 5.69 Å². The third-order valence-electron chi connectivity index (χ3n) is 5.51. The van der Waals surface area contributed by atoms with Crippen LogP contribution in [0, 0.1) is 5.41 Å². The summed E-state index contributed by atoms with van der Waals surface area (Å²) in [4.78, 5) is 29.8. The first-order valence-electron chi connectivity index (χ1n) is 10.8. The predicted octanol–water partition coefficient (Wildman–Crippen LogP) is 3.24. The van der Waals surface area contributed by atoms with Crippen molar-refractivity contribution in [2.75, 3.05) is 18.5 Å². The molecule has 0 saturated carbocycles. The number of carboxylic acids is 1. The number of anilines is 1. The van der Waals surface area contributed by atoms with E-state index in [1.165, 1.54) is 0 Å². The molecule has 0 aliphatic carbocycles. The van der Waals surface area contributed by atoms with Crippen molar-refractivity contribution in [1.82, 2.24) is 0 Å². The van der Waals surface area contributed by atoms with E-state index in [1.807, 2.05) is 54.6 Å². The molecule has 1 atom stereocenters. The van der Waals surface area contributed by atoms with Crippen LogP contribution in [0.15, 0.2) is 84.0 Å². The molecule has 9 heteroatoms. The molecule has 9 nitrogen and oxygen atoms in total. The summed E-state index contributed by atoms with van der Waals surface area (Å²) < 4.78 is 5.25. The Morgan fingerprint density at radius 1 is 1.03 bits per heavy atom. The number of benzene rings is 3. The number of carbonyl (C=O) groups is 2. The van der Waals surface area contributed by atoms with E-state index >= 15 is 0 Å². The number of rotatable bonds is 9. The van der Waals surface area contributed by atoms with Crippen LogP contribution in [0.3, 0.4) is 0 Å². The normalized spacial score (nSPS) is 16.7. The summed E-state index contributed by atoms with van der Waals surface area (Å²) in [6.45, 7) is -0.897. The van der Waals surface area contributed by atoms with E-state index in [0.29, 0.717) is 17.0 Å². The molecule has 0 spiro atoms. The van der Waals surface area contributed by atoms with Crippen LogP contribution in [0.25, 0.3) is 11.1 Å². The Kier molecular flexibility index (Phi) is 6.88. The first kappa shape index (κ1) is 23.7. The average Bonchev–Trinajstić information content (AvgIpc) is 3.30. The first-order valence-corrected chi connectivity index (χ1v) is 10.8. The van der Waals surface area contributed by atoms with Gasteiger partial charge in [0.1, 0.15) is 12.4 Å². The second kappa shape index (κ2) is 10.2. The summed E-state index contributed by atoms with van der Waals surface area (Å²) in [5.41, 5.74) is 8.25. The fourth-order valence-electron chi connectivity index (χ4n) is 3.70. The van der Waals surface area contributed by atoms with Crippen molar-refractivity contribution in [1.29, 1.82) is 5.41 Å². The Morgan fingerprint density at radius 2 is 1.71 bits per heavy atom. The minimum Gasteiger partial charge on any atom is -0.480 e. The maximum Gasteiger partial charge on any atom is 0.329 e. The SMILES string of the molecule is N=C(N)c1cccc(NC(=O)C2(COCC(=O)O)CC(c3ccc(-c4ccccc4)cc3)=NO2)c1. The number of hydrogen-bond donors (Lipinski definition) is 4. The molecular weight excluding hydrogens is 448 g/mol. The summed E-state index contributed by atoms with van der Waals surface area (Å²) >= 11 is 0. The van der Waals surface area contributed by atoms with Gasteiger partial charge in [0.2, 0.25) is 5.60 Å². The van der Waals surface area contributed by atoms with Gasteiger partial charge in [0.25, 0.3) is 5.91 Å². The van der Waals surface area contributed by atoms with E-state index in [1.54, 1.807) is 24.3 Å². The Hall–Kier alpha value is -4.50. The summed E-state index contributed by atoms with van der Waals surface area (Å²) in [7, 11) is 0. The number of nitrogens with one attached hydrogen (secondary N) is 2. The highest BCUT2D eigenvalue weighted by atomic mass is 16.7. The molecule has 3 aromatic rings. The van der Waals surface area contributed by atoms with Gasteiger partial charge in [-0.2, -0.15) is 0 Å². The molecule has 3 aromatic carbocycles. The molecule has 1 aliphatic heterocycles. The lowest BCUT2D eigenvalue weighted by Gasteiger charge is -2.25. The number of nitrogen functional groups attached to an aromatic ring is 1. The van der Waals surface area contributed by atoms with Crippen molar-refractivity contribution in [2.24, 2.45) is 10.9 Å². The number of amidine groups is 1. The lowest BCUT2D eigenvalue weighted by Crippen LogP contribution is -2.47. The number of hydrogen-bond acceptors (Lipinski definition) is 6. The molecular formula is C26H24N4O5. The highest BCUT2D eigenvalue weighted by Crippen LogP contribution is 2.30. The maximum atomic E-state index is 13.3. The van der Waals surface area contributed by atoms with E-state index < -0.39 is 24.1 Å². The van der Waals surface area contributed by atoms with Gasteiger partial charge in [0.05, 0.1) is 12.3 Å². The van der Waals surface area contributed by atoms with Crippen molar-refractivity contribution in [3.63, 3.8) is 0 Å². The van der Waals surface area contributed by atoms with Crippen LogP contribution < -0.4 is 11.1 Å². The molecule has 1 amide bonds. The molecule has 0 radical (unpaired) electrons. The van der Waals surface area contributed by atoms with E-state index in [2.05, 4.69) is 10.5 Å². The Bertz CT molecular complexity index is 1270. The molecule has 0 aromatic heterocycles. The Morgan fingerprint density at radius 3 is 2.40 bits per heavy atom. The smallest absolute Gasteiger partial charge is 0.329 e. The molecule has 35 heavy (non-hydrogen) atoms. The second-order valence-corrected chi connectivity index (χ2v) is 8.08. The zero-order valence-electron chi connectivity index (χ0n) is 18.7. The topological polar surface area (TPSA) is 147 Å². The van der Waals surface area contributed by atoms with Crippen molar-refractivity contribution in [2.45, 2.75) is 12.0 Å². The number of carbonyl (C=O) groups excluding carboxylic acids is 1. The minimum absolute atomic E-state index is 0.0789. The van der Waals surface area contributed by atoms with E-state index in [-0.39, 0.29) is 18.9 Å². The number of ether oxygens (including phenoxy) is 1.